The quantitative estimate of drug-likeness (QED) is 0.316. The lowest BCUT2D eigenvalue weighted by Gasteiger charge is -2.32. The minimum Gasteiger partial charge on any atom is -0.354 e. The zero-order valence-corrected chi connectivity index (χ0v) is 22.9. The molecule has 0 aliphatic carbocycles. The van der Waals surface area contributed by atoms with E-state index in [0.717, 1.165) is 29.3 Å². The number of hydrogen-bond acceptors (Lipinski definition) is 4. The summed E-state index contributed by atoms with van der Waals surface area (Å²) in [6.45, 7) is 3.49. The van der Waals surface area contributed by atoms with E-state index in [1.807, 2.05) is 6.92 Å². The Kier molecular flexibility index (Phi) is 10.3. The molecular formula is C28H31ClFN3O4S. The normalized spacial score (nSPS) is 12.0. The van der Waals surface area contributed by atoms with Crippen molar-refractivity contribution >= 4 is 39.1 Å². The summed E-state index contributed by atoms with van der Waals surface area (Å²) >= 11 is 6.14. The summed E-state index contributed by atoms with van der Waals surface area (Å²) in [5, 5.41) is 3.30. The molecule has 0 aliphatic rings. The third-order valence-electron chi connectivity index (χ3n) is 5.96. The summed E-state index contributed by atoms with van der Waals surface area (Å²) in [6, 6.07) is 18.5. The van der Waals surface area contributed by atoms with Crippen molar-refractivity contribution in [2.75, 3.05) is 17.4 Å². The molecule has 202 valence electrons. The number of unbranched alkanes of at least 4 members (excludes halogenated alkanes) is 1. The Hall–Kier alpha value is -3.43. The Morgan fingerprint density at radius 2 is 1.68 bits per heavy atom. The molecule has 0 aliphatic heterocycles. The number of halogens is 2. The highest BCUT2D eigenvalue weighted by Crippen LogP contribution is 2.25. The molecule has 0 bridgehead atoms. The van der Waals surface area contributed by atoms with Gasteiger partial charge < -0.3 is 10.2 Å². The Labute approximate surface area is 228 Å². The molecule has 1 N–H and O–H groups in total. The summed E-state index contributed by atoms with van der Waals surface area (Å²) in [5.74, 6) is -1.50. The molecule has 3 aromatic carbocycles. The zero-order chi connectivity index (χ0) is 27.7. The number of nitrogens with one attached hydrogen (secondary N) is 1. The second-order valence-corrected chi connectivity index (χ2v) is 11.1. The van der Waals surface area contributed by atoms with Gasteiger partial charge in [0.25, 0.3) is 10.0 Å². The maximum absolute atomic E-state index is 13.8. The van der Waals surface area contributed by atoms with E-state index >= 15 is 0 Å². The minimum absolute atomic E-state index is 0.0242. The lowest BCUT2D eigenvalue weighted by atomic mass is 10.1. The summed E-state index contributed by atoms with van der Waals surface area (Å²) < 4.78 is 41.8. The second-order valence-electron chi connectivity index (χ2n) is 8.77. The molecule has 0 spiro atoms. The van der Waals surface area contributed by atoms with Crippen LogP contribution in [0, 0.1) is 5.82 Å². The van der Waals surface area contributed by atoms with Crippen molar-refractivity contribution in [3.05, 3.63) is 95.3 Å². The van der Waals surface area contributed by atoms with Gasteiger partial charge in [0.15, 0.2) is 0 Å². The van der Waals surface area contributed by atoms with E-state index in [2.05, 4.69) is 5.32 Å². The fourth-order valence-corrected chi connectivity index (χ4v) is 5.45. The Bertz CT molecular complexity index is 1340. The van der Waals surface area contributed by atoms with Crippen molar-refractivity contribution < 1.29 is 22.4 Å². The summed E-state index contributed by atoms with van der Waals surface area (Å²) in [6.07, 6.45) is 1.68. The highest BCUT2D eigenvalue weighted by atomic mass is 35.5. The van der Waals surface area contributed by atoms with Gasteiger partial charge in [0, 0.05) is 18.1 Å². The van der Waals surface area contributed by atoms with Crippen LogP contribution in [0.25, 0.3) is 0 Å². The fraction of sp³-hybridized carbons (Fsp3) is 0.286. The Morgan fingerprint density at radius 1 is 1.00 bits per heavy atom. The van der Waals surface area contributed by atoms with Gasteiger partial charge >= 0.3 is 0 Å². The number of hydrogen-bond donors (Lipinski definition) is 1. The van der Waals surface area contributed by atoms with Gasteiger partial charge in [-0.3, -0.25) is 13.9 Å². The first-order valence-corrected chi connectivity index (χ1v) is 14.1. The van der Waals surface area contributed by atoms with Crippen molar-refractivity contribution in [2.24, 2.45) is 0 Å². The zero-order valence-electron chi connectivity index (χ0n) is 21.3. The van der Waals surface area contributed by atoms with E-state index in [9.17, 15) is 22.4 Å². The lowest BCUT2D eigenvalue weighted by Crippen LogP contribution is -2.51. The van der Waals surface area contributed by atoms with Crippen molar-refractivity contribution in [3.63, 3.8) is 0 Å². The van der Waals surface area contributed by atoms with E-state index in [1.165, 1.54) is 29.2 Å². The summed E-state index contributed by atoms with van der Waals surface area (Å²) in [4.78, 5) is 28.0. The molecule has 2 amide bonds. The third kappa shape index (κ3) is 7.55. The van der Waals surface area contributed by atoms with E-state index in [0.29, 0.717) is 17.1 Å². The molecule has 0 radical (unpaired) electrons. The number of nitrogens with zero attached hydrogens (tertiary/aromatic N) is 2. The summed E-state index contributed by atoms with van der Waals surface area (Å²) in [5.41, 5.74) is 0.796. The van der Waals surface area contributed by atoms with Crippen LogP contribution in [-0.4, -0.2) is 44.3 Å². The topological polar surface area (TPSA) is 86.8 Å². The number of anilines is 1. The maximum atomic E-state index is 13.8. The van der Waals surface area contributed by atoms with Gasteiger partial charge in [0.05, 0.1) is 10.6 Å². The van der Waals surface area contributed by atoms with Crippen LogP contribution >= 0.6 is 11.6 Å². The van der Waals surface area contributed by atoms with Crippen LogP contribution < -0.4 is 9.62 Å². The average Bonchev–Trinajstić information content (AvgIpc) is 2.91. The molecule has 10 heteroatoms. The van der Waals surface area contributed by atoms with Gasteiger partial charge in [0.2, 0.25) is 11.8 Å². The van der Waals surface area contributed by atoms with E-state index < -0.39 is 34.3 Å². The largest absolute Gasteiger partial charge is 0.354 e. The molecule has 0 saturated carbocycles. The van der Waals surface area contributed by atoms with Gasteiger partial charge in [-0.2, -0.15) is 0 Å². The number of sulfonamides is 1. The van der Waals surface area contributed by atoms with Crippen molar-refractivity contribution in [3.8, 4) is 0 Å². The first-order chi connectivity index (χ1) is 18.1. The van der Waals surface area contributed by atoms with Gasteiger partial charge in [0.1, 0.15) is 18.4 Å². The molecule has 7 nitrogen and oxygen atoms in total. The first kappa shape index (κ1) is 29.1. The predicted octanol–water partition coefficient (Wildman–Crippen LogP) is 5.01. The number of benzene rings is 3. The second kappa shape index (κ2) is 13.4. The SMILES string of the molecule is CCCCNC(=O)[C@@H](C)N(Cc1cccc(Cl)c1)C(=O)CN(c1ccc(F)cc1)S(=O)(=O)c1ccccc1. The standard InChI is InChI=1S/C28H31ClFN3O4S/c1-3-4-17-31-28(35)21(2)32(19-22-9-8-10-23(29)18-22)27(34)20-33(25-15-13-24(30)14-16-25)38(36,37)26-11-6-5-7-12-26/h5-16,18,21H,3-4,17,19-20H2,1-2H3,(H,31,35)/t21-/m1/s1. The lowest BCUT2D eigenvalue weighted by molar-refractivity contribution is -0.139. The molecule has 0 fully saturated rings. The average molecular weight is 560 g/mol. The van der Waals surface area contributed by atoms with Gasteiger partial charge in [-0.25, -0.2) is 12.8 Å². The number of carbonyl (C=O) groups is 2. The monoisotopic (exact) mass is 559 g/mol. The van der Waals surface area contributed by atoms with Crippen molar-refractivity contribution in [1.29, 1.82) is 0 Å². The first-order valence-electron chi connectivity index (χ1n) is 12.3. The molecule has 0 saturated heterocycles. The number of carbonyl (C=O) groups excluding carboxylic acids is 2. The van der Waals surface area contributed by atoms with E-state index in [4.69, 9.17) is 11.6 Å². The van der Waals surface area contributed by atoms with E-state index in [1.54, 1.807) is 49.4 Å². The van der Waals surface area contributed by atoms with Crippen LogP contribution in [0.15, 0.2) is 83.8 Å². The van der Waals surface area contributed by atoms with Crippen LogP contribution in [0.3, 0.4) is 0 Å². The number of rotatable bonds is 12. The highest BCUT2D eigenvalue weighted by molar-refractivity contribution is 7.92. The van der Waals surface area contributed by atoms with Gasteiger partial charge in [-0.15, -0.1) is 0 Å². The van der Waals surface area contributed by atoms with E-state index in [-0.39, 0.29) is 23.0 Å². The maximum Gasteiger partial charge on any atom is 0.264 e. The molecule has 0 heterocycles. The van der Waals surface area contributed by atoms with Crippen LogP contribution in [-0.2, 0) is 26.2 Å². The minimum atomic E-state index is -4.20. The van der Waals surface area contributed by atoms with Gasteiger partial charge in [-0.05, 0) is 67.4 Å². The van der Waals surface area contributed by atoms with Crippen LogP contribution in [0.1, 0.15) is 32.3 Å². The third-order valence-corrected chi connectivity index (χ3v) is 7.99. The van der Waals surface area contributed by atoms with Gasteiger partial charge in [-0.1, -0.05) is 55.3 Å². The molecule has 38 heavy (non-hydrogen) atoms. The molecule has 1 atom stereocenters. The summed E-state index contributed by atoms with van der Waals surface area (Å²) in [7, 11) is -4.20. The predicted molar refractivity (Wildman–Crippen MR) is 147 cm³/mol. The highest BCUT2D eigenvalue weighted by Gasteiger charge is 2.32. The number of amides is 2. The Balaban J connectivity index is 1.98. The smallest absolute Gasteiger partial charge is 0.264 e. The molecule has 3 aromatic rings. The molecule has 0 unspecified atom stereocenters. The van der Waals surface area contributed by atoms with Crippen LogP contribution in [0.4, 0.5) is 10.1 Å². The molecule has 0 aromatic heterocycles. The molecule has 3 rings (SSSR count). The fourth-order valence-electron chi connectivity index (χ4n) is 3.81. The van der Waals surface area contributed by atoms with Crippen molar-refractivity contribution in [2.45, 2.75) is 44.2 Å². The Morgan fingerprint density at radius 3 is 2.32 bits per heavy atom. The van der Waals surface area contributed by atoms with Crippen LogP contribution in [0.5, 0.6) is 0 Å². The van der Waals surface area contributed by atoms with Crippen LogP contribution in [0.2, 0.25) is 5.02 Å². The molecular weight excluding hydrogens is 529 g/mol. The van der Waals surface area contributed by atoms with Crippen molar-refractivity contribution in [1.82, 2.24) is 10.2 Å².